The molecule has 1 aromatic rings. The second-order valence-corrected chi connectivity index (χ2v) is 4.92. The molecule has 0 bridgehead atoms. The number of halogens is 1. The fourth-order valence-corrected chi connectivity index (χ4v) is 1.79. The predicted molar refractivity (Wildman–Crippen MR) is 76.8 cm³/mol. The Morgan fingerprint density at radius 1 is 1.28 bits per heavy atom. The predicted octanol–water partition coefficient (Wildman–Crippen LogP) is 3.96. The van der Waals surface area contributed by atoms with Crippen molar-refractivity contribution in [1.29, 1.82) is 0 Å². The van der Waals surface area contributed by atoms with Crippen molar-refractivity contribution >= 4 is 17.3 Å². The lowest BCUT2D eigenvalue weighted by molar-refractivity contribution is 0.141. The monoisotopic (exact) mass is 271 g/mol. The van der Waals surface area contributed by atoms with Gasteiger partial charge in [-0.1, -0.05) is 11.6 Å². The van der Waals surface area contributed by atoms with E-state index in [-0.39, 0.29) is 12.1 Å². The van der Waals surface area contributed by atoms with Crippen LogP contribution in [0.1, 0.15) is 27.7 Å². The van der Waals surface area contributed by atoms with Crippen LogP contribution in [0.15, 0.2) is 18.2 Å². The van der Waals surface area contributed by atoms with E-state index >= 15 is 0 Å². The Morgan fingerprint density at radius 2 is 2.00 bits per heavy atom. The smallest absolute Gasteiger partial charge is 0.138 e. The van der Waals surface area contributed by atoms with Gasteiger partial charge in [0.25, 0.3) is 0 Å². The highest BCUT2D eigenvalue weighted by molar-refractivity contribution is 6.32. The molecule has 0 saturated carbocycles. The van der Waals surface area contributed by atoms with Gasteiger partial charge in [0, 0.05) is 18.3 Å². The van der Waals surface area contributed by atoms with Gasteiger partial charge < -0.3 is 14.8 Å². The second-order valence-electron chi connectivity index (χ2n) is 4.52. The van der Waals surface area contributed by atoms with Crippen LogP contribution in [0, 0.1) is 0 Å². The van der Waals surface area contributed by atoms with Gasteiger partial charge in [-0.25, -0.2) is 0 Å². The maximum atomic E-state index is 6.17. The normalized spacial score (nSPS) is 12.6. The molecule has 1 rings (SSSR count). The molecule has 3 nitrogen and oxygen atoms in total. The minimum absolute atomic E-state index is 0.123. The minimum atomic E-state index is 0.123. The van der Waals surface area contributed by atoms with Crippen LogP contribution in [0.25, 0.3) is 0 Å². The van der Waals surface area contributed by atoms with Gasteiger partial charge in [0.2, 0.25) is 0 Å². The third-order valence-electron chi connectivity index (χ3n) is 2.28. The van der Waals surface area contributed by atoms with E-state index in [0.717, 1.165) is 18.0 Å². The number of ether oxygens (including phenoxy) is 2. The third kappa shape index (κ3) is 5.15. The summed E-state index contributed by atoms with van der Waals surface area (Å²) in [5.74, 6) is 0.717. The van der Waals surface area contributed by atoms with E-state index in [4.69, 9.17) is 21.1 Å². The molecule has 4 heteroatoms. The molecule has 1 unspecified atom stereocenters. The molecule has 18 heavy (non-hydrogen) atoms. The minimum Gasteiger partial charge on any atom is -0.489 e. The van der Waals surface area contributed by atoms with Crippen molar-refractivity contribution in [2.45, 2.75) is 39.8 Å². The van der Waals surface area contributed by atoms with Gasteiger partial charge >= 0.3 is 0 Å². The molecular weight excluding hydrogens is 250 g/mol. The second kappa shape index (κ2) is 7.49. The molecule has 1 atom stereocenters. The zero-order valence-electron chi connectivity index (χ0n) is 11.5. The maximum Gasteiger partial charge on any atom is 0.138 e. The first kappa shape index (κ1) is 15.1. The van der Waals surface area contributed by atoms with Gasteiger partial charge in [0.15, 0.2) is 0 Å². The van der Waals surface area contributed by atoms with Gasteiger partial charge in [0.1, 0.15) is 5.75 Å². The lowest BCUT2D eigenvalue weighted by Gasteiger charge is -2.17. The number of rotatable bonds is 7. The van der Waals surface area contributed by atoms with Crippen LogP contribution < -0.4 is 10.1 Å². The molecule has 0 aliphatic carbocycles. The number of anilines is 1. The molecule has 0 aromatic heterocycles. The summed E-state index contributed by atoms with van der Waals surface area (Å²) in [6, 6.07) is 5.98. The molecule has 0 saturated heterocycles. The first-order valence-corrected chi connectivity index (χ1v) is 6.71. The van der Waals surface area contributed by atoms with Crippen molar-refractivity contribution in [3.05, 3.63) is 23.2 Å². The molecule has 0 aliphatic heterocycles. The van der Waals surface area contributed by atoms with E-state index in [1.807, 2.05) is 39.0 Å². The molecule has 0 spiro atoms. The first-order valence-electron chi connectivity index (χ1n) is 6.33. The van der Waals surface area contributed by atoms with Gasteiger partial charge in [-0.05, 0) is 45.9 Å². The molecule has 1 N–H and O–H groups in total. The average Bonchev–Trinajstić information content (AvgIpc) is 2.29. The molecule has 102 valence electrons. The Hall–Kier alpha value is -0.930. The van der Waals surface area contributed by atoms with Crippen molar-refractivity contribution < 1.29 is 9.47 Å². The Kier molecular flexibility index (Phi) is 6.30. The van der Waals surface area contributed by atoms with E-state index in [1.54, 1.807) is 0 Å². The van der Waals surface area contributed by atoms with Crippen LogP contribution in [-0.4, -0.2) is 25.4 Å². The Labute approximate surface area is 114 Å². The van der Waals surface area contributed by atoms with E-state index in [1.165, 1.54) is 0 Å². The molecule has 1 aromatic carbocycles. The summed E-state index contributed by atoms with van der Waals surface area (Å²) in [6.45, 7) is 9.43. The van der Waals surface area contributed by atoms with Crippen molar-refractivity contribution in [2.24, 2.45) is 0 Å². The molecule has 0 radical (unpaired) electrons. The third-order valence-corrected chi connectivity index (χ3v) is 2.57. The quantitative estimate of drug-likeness (QED) is 0.814. The van der Waals surface area contributed by atoms with Crippen LogP contribution in [0.3, 0.4) is 0 Å². The number of nitrogens with one attached hydrogen (secondary N) is 1. The van der Waals surface area contributed by atoms with Crippen molar-refractivity contribution in [3.63, 3.8) is 0 Å². The van der Waals surface area contributed by atoms with Gasteiger partial charge in [-0.3, -0.25) is 0 Å². The van der Waals surface area contributed by atoms with Crippen molar-refractivity contribution in [1.82, 2.24) is 0 Å². The summed E-state index contributed by atoms with van der Waals surface area (Å²) in [7, 11) is 0. The summed E-state index contributed by atoms with van der Waals surface area (Å²) in [6.07, 6.45) is 0.123. The summed E-state index contributed by atoms with van der Waals surface area (Å²) in [5, 5.41) is 3.96. The highest BCUT2D eigenvalue weighted by atomic mass is 35.5. The fourth-order valence-electron chi connectivity index (χ4n) is 1.56. The molecule has 0 fully saturated rings. The summed E-state index contributed by atoms with van der Waals surface area (Å²) < 4.78 is 10.9. The lowest BCUT2D eigenvalue weighted by atomic mass is 10.2. The topological polar surface area (TPSA) is 30.5 Å². The zero-order valence-corrected chi connectivity index (χ0v) is 12.3. The van der Waals surface area contributed by atoms with E-state index < -0.39 is 0 Å². The molecular formula is C14H22ClNO2. The first-order chi connectivity index (χ1) is 8.52. The summed E-state index contributed by atoms with van der Waals surface area (Å²) in [5.41, 5.74) is 0.975. The fraction of sp³-hybridized carbons (Fsp3) is 0.571. The summed E-state index contributed by atoms with van der Waals surface area (Å²) >= 11 is 6.17. The number of benzene rings is 1. The zero-order chi connectivity index (χ0) is 13.5. The van der Waals surface area contributed by atoms with E-state index in [0.29, 0.717) is 11.6 Å². The SMILES string of the molecule is CCOCC(C)Nc1ccc(OC(C)C)c(Cl)c1. The summed E-state index contributed by atoms with van der Waals surface area (Å²) in [4.78, 5) is 0. The molecule has 0 heterocycles. The molecule has 0 amide bonds. The Balaban J connectivity index is 2.60. The van der Waals surface area contributed by atoms with Crippen LogP contribution in [0.5, 0.6) is 5.75 Å². The van der Waals surface area contributed by atoms with E-state index in [9.17, 15) is 0 Å². The highest BCUT2D eigenvalue weighted by Crippen LogP contribution is 2.28. The van der Waals surface area contributed by atoms with Gasteiger partial charge in [0.05, 0.1) is 17.7 Å². The highest BCUT2D eigenvalue weighted by Gasteiger charge is 2.07. The number of hydrogen-bond acceptors (Lipinski definition) is 3. The van der Waals surface area contributed by atoms with E-state index in [2.05, 4.69) is 12.2 Å². The largest absolute Gasteiger partial charge is 0.489 e. The molecule has 0 aliphatic rings. The van der Waals surface area contributed by atoms with Gasteiger partial charge in [-0.2, -0.15) is 0 Å². The Morgan fingerprint density at radius 3 is 2.56 bits per heavy atom. The van der Waals surface area contributed by atoms with Crippen LogP contribution in [0.2, 0.25) is 5.02 Å². The van der Waals surface area contributed by atoms with Crippen molar-refractivity contribution in [3.8, 4) is 5.75 Å². The average molecular weight is 272 g/mol. The van der Waals surface area contributed by atoms with Gasteiger partial charge in [-0.15, -0.1) is 0 Å². The lowest BCUT2D eigenvalue weighted by Crippen LogP contribution is -2.21. The maximum absolute atomic E-state index is 6.17. The van der Waals surface area contributed by atoms with Crippen LogP contribution in [0.4, 0.5) is 5.69 Å². The Bertz CT molecular complexity index is 369. The number of hydrogen-bond donors (Lipinski definition) is 1. The van der Waals surface area contributed by atoms with Crippen molar-refractivity contribution in [2.75, 3.05) is 18.5 Å². The van der Waals surface area contributed by atoms with Crippen LogP contribution >= 0.6 is 11.6 Å². The van der Waals surface area contributed by atoms with Crippen LogP contribution in [-0.2, 0) is 4.74 Å². The standard InChI is InChI=1S/C14H22ClNO2/c1-5-17-9-11(4)16-12-6-7-14(13(15)8-12)18-10(2)3/h6-8,10-11,16H,5,9H2,1-4H3.